The van der Waals surface area contributed by atoms with Gasteiger partial charge >= 0.3 is 5.97 Å². The highest BCUT2D eigenvalue weighted by atomic mass is 16.5. The number of nitrogens with zero attached hydrogens (tertiary/aromatic N) is 1. The summed E-state index contributed by atoms with van der Waals surface area (Å²) < 4.78 is 5.27. The lowest BCUT2D eigenvalue weighted by atomic mass is 10.1. The van der Waals surface area contributed by atoms with Crippen molar-refractivity contribution in [2.45, 2.75) is 26.9 Å². The van der Waals surface area contributed by atoms with Gasteiger partial charge in [-0.2, -0.15) is 0 Å². The van der Waals surface area contributed by atoms with E-state index in [4.69, 9.17) is 4.74 Å². The van der Waals surface area contributed by atoms with Crippen LogP contribution in [0.15, 0.2) is 78.9 Å². The topological polar surface area (TPSA) is 29.5 Å². The van der Waals surface area contributed by atoms with Crippen molar-refractivity contribution in [2.24, 2.45) is 0 Å². The van der Waals surface area contributed by atoms with Crippen molar-refractivity contribution < 1.29 is 9.53 Å². The Labute approximate surface area is 154 Å². The van der Waals surface area contributed by atoms with E-state index in [0.29, 0.717) is 0 Å². The Morgan fingerprint density at radius 1 is 0.808 bits per heavy atom. The largest absolute Gasteiger partial charge is 0.458 e. The van der Waals surface area contributed by atoms with E-state index in [9.17, 15) is 4.79 Å². The molecular weight excluding hydrogens is 322 g/mol. The van der Waals surface area contributed by atoms with E-state index in [1.165, 1.54) is 12.5 Å². The summed E-state index contributed by atoms with van der Waals surface area (Å²) in [5.74, 6) is -0.271. The van der Waals surface area contributed by atoms with E-state index in [2.05, 4.69) is 60.4 Å². The molecule has 132 valence electrons. The number of carbonyl (C=O) groups excluding carboxylic acids is 1. The van der Waals surface area contributed by atoms with E-state index < -0.39 is 0 Å². The first-order chi connectivity index (χ1) is 12.5. The van der Waals surface area contributed by atoms with Crippen LogP contribution in [0.25, 0.3) is 0 Å². The van der Waals surface area contributed by atoms with Crippen molar-refractivity contribution in [3.8, 4) is 0 Å². The molecule has 0 aliphatic rings. The van der Waals surface area contributed by atoms with E-state index in [1.807, 2.05) is 37.3 Å². The summed E-state index contributed by atoms with van der Waals surface area (Å²) in [6.45, 7) is 5.40. The highest BCUT2D eigenvalue weighted by molar-refractivity contribution is 5.76. The maximum absolute atomic E-state index is 11.2. The Morgan fingerprint density at radius 2 is 1.31 bits per heavy atom. The Morgan fingerprint density at radius 3 is 1.85 bits per heavy atom. The van der Waals surface area contributed by atoms with Crippen molar-refractivity contribution >= 4 is 23.0 Å². The minimum absolute atomic E-state index is 0.258. The summed E-state index contributed by atoms with van der Waals surface area (Å²) in [5.41, 5.74) is 5.45. The van der Waals surface area contributed by atoms with Crippen LogP contribution in [0, 0.1) is 6.92 Å². The van der Waals surface area contributed by atoms with Gasteiger partial charge in [0.25, 0.3) is 0 Å². The van der Waals surface area contributed by atoms with Gasteiger partial charge in [0, 0.05) is 24.0 Å². The van der Waals surface area contributed by atoms with Gasteiger partial charge in [-0.3, -0.25) is 4.79 Å². The molecule has 0 aliphatic carbocycles. The van der Waals surface area contributed by atoms with Crippen LogP contribution in [0.1, 0.15) is 31.1 Å². The second kappa shape index (κ2) is 7.87. The standard InChI is InChI=1S/C23H23NO2/c1-17-9-13-22(14-10-17)24(21-7-5-4-6-8-21)23-15-11-20(12-16-23)18(2)26-19(3)25/h4-16,18H,1-3H3. The van der Waals surface area contributed by atoms with Gasteiger partial charge in [0.05, 0.1) is 0 Å². The third-order valence-corrected chi connectivity index (χ3v) is 4.27. The molecule has 0 fully saturated rings. The lowest BCUT2D eigenvalue weighted by Gasteiger charge is -2.26. The average molecular weight is 345 g/mol. The zero-order valence-electron chi connectivity index (χ0n) is 15.3. The summed E-state index contributed by atoms with van der Waals surface area (Å²) in [6, 6.07) is 26.9. The lowest BCUT2D eigenvalue weighted by Crippen LogP contribution is -2.10. The van der Waals surface area contributed by atoms with E-state index in [1.54, 1.807) is 0 Å². The van der Waals surface area contributed by atoms with Crippen molar-refractivity contribution in [1.82, 2.24) is 0 Å². The molecule has 0 bridgehead atoms. The van der Waals surface area contributed by atoms with Gasteiger partial charge in [-0.15, -0.1) is 0 Å². The molecule has 0 saturated heterocycles. The third kappa shape index (κ3) is 4.12. The SMILES string of the molecule is CC(=O)OC(C)c1ccc(N(c2ccccc2)c2ccc(C)cc2)cc1. The quantitative estimate of drug-likeness (QED) is 0.524. The van der Waals surface area contributed by atoms with E-state index in [0.717, 1.165) is 22.6 Å². The molecule has 0 radical (unpaired) electrons. The minimum Gasteiger partial charge on any atom is -0.458 e. The maximum Gasteiger partial charge on any atom is 0.303 e. The van der Waals surface area contributed by atoms with Crippen molar-refractivity contribution in [1.29, 1.82) is 0 Å². The molecule has 1 unspecified atom stereocenters. The molecule has 0 aliphatic heterocycles. The van der Waals surface area contributed by atoms with Crippen molar-refractivity contribution in [3.63, 3.8) is 0 Å². The summed E-state index contributed by atoms with van der Waals surface area (Å²) in [7, 11) is 0. The Balaban J connectivity index is 1.97. The average Bonchev–Trinajstić information content (AvgIpc) is 2.64. The molecule has 3 nitrogen and oxygen atoms in total. The van der Waals surface area contributed by atoms with Crippen LogP contribution in [-0.2, 0) is 9.53 Å². The van der Waals surface area contributed by atoms with Crippen LogP contribution in [0.2, 0.25) is 0 Å². The highest BCUT2D eigenvalue weighted by Crippen LogP contribution is 2.35. The first-order valence-corrected chi connectivity index (χ1v) is 8.73. The van der Waals surface area contributed by atoms with Crippen molar-refractivity contribution in [3.05, 3.63) is 90.0 Å². The van der Waals surface area contributed by atoms with Gasteiger partial charge in [-0.05, 0) is 55.8 Å². The van der Waals surface area contributed by atoms with Gasteiger partial charge < -0.3 is 9.64 Å². The zero-order valence-corrected chi connectivity index (χ0v) is 15.3. The van der Waals surface area contributed by atoms with Gasteiger partial charge in [0.2, 0.25) is 0 Å². The monoisotopic (exact) mass is 345 g/mol. The lowest BCUT2D eigenvalue weighted by molar-refractivity contribution is -0.145. The summed E-state index contributed by atoms with van der Waals surface area (Å²) >= 11 is 0. The van der Waals surface area contributed by atoms with Crippen LogP contribution >= 0.6 is 0 Å². The molecule has 3 heteroatoms. The number of hydrogen-bond acceptors (Lipinski definition) is 3. The molecular formula is C23H23NO2. The summed E-state index contributed by atoms with van der Waals surface area (Å²) in [6.07, 6.45) is -0.258. The number of esters is 1. The second-order valence-corrected chi connectivity index (χ2v) is 6.35. The number of carbonyl (C=O) groups is 1. The van der Waals surface area contributed by atoms with Crippen LogP contribution in [0.5, 0.6) is 0 Å². The zero-order chi connectivity index (χ0) is 18.5. The molecule has 0 amide bonds. The first kappa shape index (κ1) is 17.7. The molecule has 3 aromatic carbocycles. The predicted octanol–water partition coefficient (Wildman–Crippen LogP) is 6.09. The molecule has 0 heterocycles. The number of ether oxygens (including phenoxy) is 1. The van der Waals surface area contributed by atoms with Gasteiger partial charge in [0.1, 0.15) is 6.10 Å². The molecule has 26 heavy (non-hydrogen) atoms. The van der Waals surface area contributed by atoms with E-state index >= 15 is 0 Å². The number of anilines is 3. The fourth-order valence-corrected chi connectivity index (χ4v) is 2.93. The predicted molar refractivity (Wildman–Crippen MR) is 106 cm³/mol. The van der Waals surface area contributed by atoms with Crippen LogP contribution in [0.3, 0.4) is 0 Å². The molecule has 1 atom stereocenters. The molecule has 0 N–H and O–H groups in total. The molecule has 3 rings (SSSR count). The second-order valence-electron chi connectivity index (χ2n) is 6.35. The smallest absolute Gasteiger partial charge is 0.303 e. The fraction of sp³-hybridized carbons (Fsp3) is 0.174. The number of rotatable bonds is 5. The first-order valence-electron chi connectivity index (χ1n) is 8.73. The van der Waals surface area contributed by atoms with Crippen LogP contribution in [0.4, 0.5) is 17.1 Å². The highest BCUT2D eigenvalue weighted by Gasteiger charge is 2.14. The van der Waals surface area contributed by atoms with Gasteiger partial charge in [0.15, 0.2) is 0 Å². The number of para-hydroxylation sites is 1. The third-order valence-electron chi connectivity index (χ3n) is 4.27. The van der Waals surface area contributed by atoms with Crippen LogP contribution in [-0.4, -0.2) is 5.97 Å². The summed E-state index contributed by atoms with van der Waals surface area (Å²) in [5, 5.41) is 0. The summed E-state index contributed by atoms with van der Waals surface area (Å²) in [4.78, 5) is 13.4. The molecule has 3 aromatic rings. The molecule has 0 aromatic heterocycles. The maximum atomic E-state index is 11.2. The van der Waals surface area contributed by atoms with Gasteiger partial charge in [-0.25, -0.2) is 0 Å². The Bertz CT molecular complexity index is 855. The van der Waals surface area contributed by atoms with E-state index in [-0.39, 0.29) is 12.1 Å². The molecule has 0 saturated carbocycles. The van der Waals surface area contributed by atoms with Crippen LogP contribution < -0.4 is 4.90 Å². The van der Waals surface area contributed by atoms with Gasteiger partial charge in [-0.1, -0.05) is 48.0 Å². The fourth-order valence-electron chi connectivity index (χ4n) is 2.93. The van der Waals surface area contributed by atoms with Crippen molar-refractivity contribution in [2.75, 3.05) is 4.90 Å². The molecule has 0 spiro atoms. The Hall–Kier alpha value is -3.07. The Kier molecular flexibility index (Phi) is 5.37. The normalized spacial score (nSPS) is 11.7. The number of aryl methyl sites for hydroxylation is 1. The minimum atomic E-state index is -0.271. The number of hydrogen-bond donors (Lipinski definition) is 0. The number of benzene rings is 3.